The highest BCUT2D eigenvalue weighted by Crippen LogP contribution is 2.36. The highest BCUT2D eigenvalue weighted by atomic mass is 35.5. The van der Waals surface area contributed by atoms with E-state index in [4.69, 9.17) is 46.8 Å². The van der Waals surface area contributed by atoms with Gasteiger partial charge in [-0.05, 0) is 118 Å². The molecule has 0 unspecified atom stereocenters. The van der Waals surface area contributed by atoms with Crippen molar-refractivity contribution in [1.29, 1.82) is 0 Å². The first kappa shape index (κ1) is 39.7. The zero-order valence-corrected chi connectivity index (χ0v) is 33.1. The first-order valence-electron chi connectivity index (χ1n) is 19.1. The van der Waals surface area contributed by atoms with Crippen LogP contribution in [-0.4, -0.2) is 99.8 Å². The molecule has 7 N–H and O–H groups in total. The van der Waals surface area contributed by atoms with Crippen molar-refractivity contribution in [2.45, 2.75) is 72.1 Å². The third-order valence-electron chi connectivity index (χ3n) is 9.86. The molecule has 8 rings (SSSR count). The summed E-state index contributed by atoms with van der Waals surface area (Å²) in [5.41, 5.74) is 14.4. The number of anilines is 2. The Morgan fingerprint density at radius 3 is 1.72 bits per heavy atom. The summed E-state index contributed by atoms with van der Waals surface area (Å²) in [5, 5.41) is 32.1. The van der Waals surface area contributed by atoms with Crippen molar-refractivity contribution in [3.8, 4) is 46.4 Å². The summed E-state index contributed by atoms with van der Waals surface area (Å²) in [5.74, 6) is 9.39. The first-order valence-corrected chi connectivity index (χ1v) is 19.5. The molecule has 57 heavy (non-hydrogen) atoms. The van der Waals surface area contributed by atoms with Crippen molar-refractivity contribution in [2.75, 3.05) is 50.9 Å². The Labute approximate surface area is 333 Å². The maximum Gasteiger partial charge on any atom is 0.199 e. The molecular weight excluding hydrogens is 756 g/mol. The number of piperidine rings is 2. The van der Waals surface area contributed by atoms with E-state index in [1.165, 1.54) is 0 Å². The van der Waals surface area contributed by atoms with Gasteiger partial charge >= 0.3 is 0 Å². The minimum Gasteiger partial charge on any atom is -0.489 e. The molecule has 0 spiro atoms. The largest absolute Gasteiger partial charge is 0.489 e. The minimum atomic E-state index is -1.16. The van der Waals surface area contributed by atoms with Gasteiger partial charge in [0.15, 0.2) is 51.3 Å². The number of fused-ring (bicyclic) bond motifs is 2. The fourth-order valence-corrected chi connectivity index (χ4v) is 7.08. The fourth-order valence-electron chi connectivity index (χ4n) is 6.90. The summed E-state index contributed by atoms with van der Waals surface area (Å²) in [6.45, 7) is 13.7. The van der Waals surface area contributed by atoms with E-state index in [2.05, 4.69) is 58.1 Å². The monoisotopic (exact) mass is 802 g/mol. The first-order chi connectivity index (χ1) is 27.6. The molecule has 2 aliphatic rings. The topological polar surface area (TPSA) is 254 Å². The number of hydrogen-bond donors (Lipinski definition) is 5. The summed E-state index contributed by atoms with van der Waals surface area (Å²) < 4.78 is 25.7. The van der Waals surface area contributed by atoms with E-state index in [1.54, 1.807) is 26.2 Å². The van der Waals surface area contributed by atoms with Gasteiger partial charge in [0, 0.05) is 13.1 Å². The van der Waals surface area contributed by atoms with E-state index in [9.17, 15) is 5.11 Å². The third kappa shape index (κ3) is 8.73. The molecule has 2 saturated heterocycles. The molecule has 0 radical (unpaired) electrons. The fraction of sp³-hybridized carbons (Fsp3) is 0.514. The Bertz CT molecular complexity index is 2370. The third-order valence-corrected chi connectivity index (χ3v) is 10.1. The van der Waals surface area contributed by atoms with Crippen LogP contribution in [-0.2, 0) is 13.1 Å². The number of nitrogens with two attached hydrogens (primary N) is 2. The van der Waals surface area contributed by atoms with E-state index in [0.717, 1.165) is 62.9 Å². The Morgan fingerprint density at radius 2 is 1.26 bits per heavy atom. The second-order valence-corrected chi connectivity index (χ2v) is 14.8. The molecule has 6 aromatic heterocycles. The van der Waals surface area contributed by atoms with Crippen molar-refractivity contribution >= 4 is 45.3 Å². The molecule has 0 bridgehead atoms. The number of hydrogen-bond acceptors (Lipinski definition) is 17. The molecule has 2 fully saturated rings. The Hall–Kier alpha value is -5.55. The predicted octanol–water partition coefficient (Wildman–Crippen LogP) is 3.70. The van der Waals surface area contributed by atoms with Crippen LogP contribution in [0.1, 0.15) is 59.1 Å². The van der Waals surface area contributed by atoms with Gasteiger partial charge in [-0.3, -0.25) is 0 Å². The predicted molar refractivity (Wildman–Crippen MR) is 212 cm³/mol. The Kier molecular flexibility index (Phi) is 12.0. The summed E-state index contributed by atoms with van der Waals surface area (Å²) in [6, 6.07) is 0. The number of aryl methyl sites for hydroxylation is 2. The van der Waals surface area contributed by atoms with Gasteiger partial charge in [0.1, 0.15) is 33.4 Å². The zero-order chi connectivity index (χ0) is 40.1. The van der Waals surface area contributed by atoms with E-state index < -0.39 is 5.60 Å². The molecule has 302 valence electrons. The number of aliphatic hydroxyl groups is 1. The number of nitrogens with one attached hydrogen (secondary N) is 2. The van der Waals surface area contributed by atoms with Crippen LogP contribution in [0.15, 0.2) is 21.7 Å². The summed E-state index contributed by atoms with van der Waals surface area (Å²) in [4.78, 5) is 18.0. The van der Waals surface area contributed by atoms with Crippen LogP contribution >= 0.6 is 11.6 Å². The number of pyridine rings is 2. The van der Waals surface area contributed by atoms with E-state index >= 15 is 0 Å². The highest BCUT2D eigenvalue weighted by Gasteiger charge is 2.26. The molecule has 19 nitrogen and oxygen atoms in total. The normalized spacial score (nSPS) is 15.3. The van der Waals surface area contributed by atoms with Gasteiger partial charge in [-0.2, -0.15) is 0 Å². The van der Waals surface area contributed by atoms with Crippen LogP contribution < -0.4 is 31.6 Å². The van der Waals surface area contributed by atoms with E-state index in [1.807, 2.05) is 23.0 Å². The lowest BCUT2D eigenvalue weighted by atomic mass is 9.99. The highest BCUT2D eigenvalue weighted by molar-refractivity contribution is 6.34. The molecule has 2 aliphatic heterocycles. The van der Waals surface area contributed by atoms with Gasteiger partial charge in [0.05, 0.1) is 25.6 Å². The lowest BCUT2D eigenvalue weighted by Gasteiger charge is -2.22. The molecule has 0 aromatic carbocycles. The quantitative estimate of drug-likeness (QED) is 0.0977. The number of ether oxygens (including phenoxy) is 2. The van der Waals surface area contributed by atoms with Crippen molar-refractivity contribution in [1.82, 2.24) is 60.3 Å². The van der Waals surface area contributed by atoms with Gasteiger partial charge in [0.2, 0.25) is 0 Å². The number of nitrogen functional groups attached to an aromatic ring is 2. The average Bonchev–Trinajstić information content (AvgIpc) is 4.02. The number of halogens is 1. The molecule has 0 amide bonds. The summed E-state index contributed by atoms with van der Waals surface area (Å²) in [6.07, 6.45) is 7.66. The zero-order valence-electron chi connectivity index (χ0n) is 32.4. The van der Waals surface area contributed by atoms with Gasteiger partial charge in [-0.15, -0.1) is 0 Å². The summed E-state index contributed by atoms with van der Waals surface area (Å²) >= 11 is 6.28. The maximum absolute atomic E-state index is 10.0. The maximum atomic E-state index is 10.0. The average molecular weight is 803 g/mol. The van der Waals surface area contributed by atoms with E-state index in [-0.39, 0.29) is 11.6 Å². The lowest BCUT2D eigenvalue weighted by molar-refractivity contribution is 0.143. The number of aromatic nitrogens is 10. The van der Waals surface area contributed by atoms with Crippen molar-refractivity contribution in [3.63, 3.8) is 0 Å². The number of imidazole rings is 2. The van der Waals surface area contributed by atoms with Crippen molar-refractivity contribution < 1.29 is 23.8 Å². The molecular formula is C37H47ClN14O5. The standard InChI is InChI=1S/C21H27N7O3.C16H20ClN7O2/c1-4-28-18-15(30-12-13-6-9-23-10-7-13)11-24-14(5-8-21(2,3)29)16(18)25-20(28)17-19(22)27-31-26-17;1-2-24-13-10(25-8-9-3-5-19-6-4-9)7-20-14(17)11(13)21-16(24)12-15(18)23-26-22-12/h11,13,23,29H,4,6-7,9-10,12H2,1-3H3,(H2,22,27);7,9,19H,2-6,8H2,1H3,(H2,18,23). The minimum absolute atomic E-state index is 0.152. The van der Waals surface area contributed by atoms with Crippen LogP contribution in [0, 0.1) is 23.7 Å². The van der Waals surface area contributed by atoms with Crippen LogP contribution in [0.3, 0.4) is 0 Å². The molecule has 0 saturated carbocycles. The van der Waals surface area contributed by atoms with Gasteiger partial charge in [-0.1, -0.05) is 17.5 Å². The molecule has 20 heteroatoms. The lowest BCUT2D eigenvalue weighted by Crippen LogP contribution is -2.30. The van der Waals surface area contributed by atoms with Crippen molar-refractivity contribution in [2.24, 2.45) is 11.8 Å². The van der Waals surface area contributed by atoms with Gasteiger partial charge in [0.25, 0.3) is 0 Å². The smallest absolute Gasteiger partial charge is 0.199 e. The van der Waals surface area contributed by atoms with Gasteiger partial charge < -0.3 is 45.8 Å². The molecule has 6 aromatic rings. The molecule has 8 heterocycles. The Morgan fingerprint density at radius 1 is 0.789 bits per heavy atom. The van der Waals surface area contributed by atoms with E-state index in [0.29, 0.717) is 94.6 Å². The molecule has 0 aliphatic carbocycles. The molecule has 0 atom stereocenters. The second-order valence-electron chi connectivity index (χ2n) is 14.5. The number of nitrogens with zero attached hydrogens (tertiary/aromatic N) is 10. The summed E-state index contributed by atoms with van der Waals surface area (Å²) in [7, 11) is 0. The SMILES string of the molecule is CCn1c(-c2nonc2N)nc2c(C#CC(C)(C)O)ncc(OCC3CCNCC3)c21.CCn1c(-c2nonc2N)nc2c(Cl)ncc(OCC3CCNCC3)c21. The van der Waals surface area contributed by atoms with Gasteiger partial charge in [-0.25, -0.2) is 29.2 Å². The Balaban J connectivity index is 0.000000177. The van der Waals surface area contributed by atoms with Crippen LogP contribution in [0.2, 0.25) is 5.15 Å². The number of rotatable bonds is 10. The van der Waals surface area contributed by atoms with Crippen molar-refractivity contribution in [3.05, 3.63) is 23.2 Å². The van der Waals surface area contributed by atoms with Crippen LogP contribution in [0.5, 0.6) is 11.5 Å². The second kappa shape index (κ2) is 17.3. The van der Waals surface area contributed by atoms with Crippen LogP contribution in [0.4, 0.5) is 11.6 Å². The van der Waals surface area contributed by atoms with Crippen LogP contribution in [0.25, 0.3) is 45.1 Å².